The van der Waals surface area contributed by atoms with E-state index in [0.29, 0.717) is 6.42 Å². The number of halogens is 2. The largest absolute Gasteiger partial charge is 0.294 e. The van der Waals surface area contributed by atoms with Gasteiger partial charge in [0.2, 0.25) is 0 Å². The van der Waals surface area contributed by atoms with Crippen molar-refractivity contribution in [2.45, 2.75) is 26.8 Å². The summed E-state index contributed by atoms with van der Waals surface area (Å²) < 4.78 is 3.95. The average molecular weight is 433 g/mol. The van der Waals surface area contributed by atoms with Gasteiger partial charge in [0.05, 0.1) is 22.3 Å². The molecule has 0 aliphatic heterocycles. The molecule has 0 amide bonds. The third-order valence-corrected chi connectivity index (χ3v) is 4.70. The van der Waals surface area contributed by atoms with Crippen LogP contribution >= 0.6 is 38.5 Å². The molecule has 1 aromatic carbocycles. The van der Waals surface area contributed by atoms with E-state index in [-0.39, 0.29) is 5.78 Å². The highest BCUT2D eigenvalue weighted by molar-refractivity contribution is 14.1. The molecule has 0 aliphatic rings. The maximum atomic E-state index is 12.3. The molecule has 1 aromatic heterocycles. The van der Waals surface area contributed by atoms with Crippen molar-refractivity contribution < 1.29 is 4.79 Å². The molecule has 0 fully saturated rings. The third kappa shape index (κ3) is 3.25. The van der Waals surface area contributed by atoms with E-state index in [2.05, 4.69) is 43.6 Å². The van der Waals surface area contributed by atoms with E-state index in [9.17, 15) is 4.79 Å². The molecule has 0 radical (unpaired) electrons. The van der Waals surface area contributed by atoms with Crippen molar-refractivity contribution >= 4 is 44.3 Å². The van der Waals surface area contributed by atoms with E-state index in [1.807, 2.05) is 42.8 Å². The number of aryl methyl sites for hydroxylation is 2. The van der Waals surface area contributed by atoms with E-state index in [1.165, 1.54) is 0 Å². The molecule has 5 heteroatoms. The second-order valence-corrected chi connectivity index (χ2v) is 6.31. The highest BCUT2D eigenvalue weighted by Crippen LogP contribution is 2.22. The molecular formula is C14H14BrIN2O. The molecule has 0 spiro atoms. The normalized spacial score (nSPS) is 10.7. The number of hydrogen-bond acceptors (Lipinski definition) is 2. The van der Waals surface area contributed by atoms with Crippen molar-refractivity contribution in [2.75, 3.05) is 0 Å². The van der Waals surface area contributed by atoms with Crippen LogP contribution in [-0.4, -0.2) is 15.6 Å². The maximum Gasteiger partial charge on any atom is 0.168 e. The van der Waals surface area contributed by atoms with E-state index >= 15 is 0 Å². The summed E-state index contributed by atoms with van der Waals surface area (Å²) in [5.74, 6) is 0.117. The zero-order chi connectivity index (χ0) is 14.0. The second-order valence-electron chi connectivity index (χ2n) is 4.27. The van der Waals surface area contributed by atoms with Gasteiger partial charge in [-0.25, -0.2) is 0 Å². The molecule has 1 heterocycles. The molecule has 0 unspecified atom stereocenters. The van der Waals surface area contributed by atoms with E-state index in [0.717, 1.165) is 31.5 Å². The summed E-state index contributed by atoms with van der Waals surface area (Å²) in [4.78, 5) is 12.3. The van der Waals surface area contributed by atoms with Crippen LogP contribution in [0.25, 0.3) is 0 Å². The number of benzene rings is 1. The molecule has 2 aromatic rings. The number of carbonyl (C=O) groups is 1. The van der Waals surface area contributed by atoms with Crippen LogP contribution in [-0.2, 0) is 13.0 Å². The summed E-state index contributed by atoms with van der Waals surface area (Å²) in [7, 11) is 0. The van der Waals surface area contributed by atoms with Gasteiger partial charge in [-0.1, -0.05) is 12.1 Å². The Morgan fingerprint density at radius 2 is 2.00 bits per heavy atom. The van der Waals surface area contributed by atoms with Gasteiger partial charge in [0.15, 0.2) is 5.78 Å². The molecule has 2 rings (SSSR count). The van der Waals surface area contributed by atoms with Crippen molar-refractivity contribution in [1.29, 1.82) is 0 Å². The van der Waals surface area contributed by atoms with Gasteiger partial charge in [0, 0.05) is 15.7 Å². The third-order valence-electron chi connectivity index (χ3n) is 2.95. The Morgan fingerprint density at radius 1 is 1.37 bits per heavy atom. The van der Waals surface area contributed by atoms with Gasteiger partial charge in [-0.15, -0.1) is 0 Å². The number of Topliss-reactive ketones (excluding diaryl/α,β-unsaturated/α-hetero) is 1. The summed E-state index contributed by atoms with van der Waals surface area (Å²) >= 11 is 5.75. The Morgan fingerprint density at radius 3 is 2.58 bits per heavy atom. The van der Waals surface area contributed by atoms with Gasteiger partial charge >= 0.3 is 0 Å². The summed E-state index contributed by atoms with van der Waals surface area (Å²) in [6.45, 7) is 4.73. The molecule has 0 atom stereocenters. The molecule has 0 N–H and O–H groups in total. The maximum absolute atomic E-state index is 12.3. The predicted octanol–water partition coefficient (Wildman–Crippen LogP) is 4.00. The van der Waals surface area contributed by atoms with Crippen LogP contribution in [0.15, 0.2) is 28.7 Å². The lowest BCUT2D eigenvalue weighted by Gasteiger charge is -2.05. The topological polar surface area (TPSA) is 34.9 Å². The van der Waals surface area contributed by atoms with Crippen LogP contribution in [0.1, 0.15) is 28.7 Å². The fourth-order valence-electron chi connectivity index (χ4n) is 1.93. The number of carbonyl (C=O) groups excluding carboxylic acids is 1. The second kappa shape index (κ2) is 6.17. The number of rotatable bonds is 4. The lowest BCUT2D eigenvalue weighted by Crippen LogP contribution is -2.10. The Bertz CT molecular complexity index is 605. The Balaban J connectivity index is 2.26. The van der Waals surface area contributed by atoms with Crippen molar-refractivity contribution in [3.8, 4) is 0 Å². The summed E-state index contributed by atoms with van der Waals surface area (Å²) in [5, 5.41) is 4.41. The number of nitrogens with zero attached hydrogens (tertiary/aromatic N) is 2. The van der Waals surface area contributed by atoms with Gasteiger partial charge in [0.1, 0.15) is 0 Å². The molecule has 0 saturated heterocycles. The minimum absolute atomic E-state index is 0.117. The van der Waals surface area contributed by atoms with Crippen LogP contribution < -0.4 is 0 Å². The fourth-order valence-corrected chi connectivity index (χ4v) is 2.71. The molecule has 0 bridgehead atoms. The summed E-state index contributed by atoms with van der Waals surface area (Å²) in [5.41, 5.74) is 2.62. The Labute approximate surface area is 134 Å². The number of hydrogen-bond donors (Lipinski definition) is 0. The molecule has 19 heavy (non-hydrogen) atoms. The van der Waals surface area contributed by atoms with Gasteiger partial charge in [-0.3, -0.25) is 9.48 Å². The molecule has 100 valence electrons. The lowest BCUT2D eigenvalue weighted by molar-refractivity contribution is 0.0990. The number of ketones is 1. The quantitative estimate of drug-likeness (QED) is 0.540. The van der Waals surface area contributed by atoms with Crippen LogP contribution in [0.2, 0.25) is 0 Å². The van der Waals surface area contributed by atoms with Crippen molar-refractivity contribution in [1.82, 2.24) is 9.78 Å². The summed E-state index contributed by atoms with van der Waals surface area (Å²) in [6, 6.07) is 7.64. The zero-order valence-electron chi connectivity index (χ0n) is 10.8. The molecule has 0 aliphatic carbocycles. The minimum atomic E-state index is 0.117. The first-order valence-electron chi connectivity index (χ1n) is 6.03. The van der Waals surface area contributed by atoms with E-state index in [1.54, 1.807) is 0 Å². The molecule has 0 saturated carbocycles. The average Bonchev–Trinajstić information content (AvgIpc) is 2.67. The first-order valence-corrected chi connectivity index (χ1v) is 7.90. The highest BCUT2D eigenvalue weighted by atomic mass is 127. The Hall–Kier alpha value is -0.690. The number of aromatic nitrogens is 2. The van der Waals surface area contributed by atoms with Crippen LogP contribution in [0.3, 0.4) is 0 Å². The minimum Gasteiger partial charge on any atom is -0.294 e. The SMILES string of the molecule is CCn1nc(C)c(Br)c1CC(=O)c1ccc(I)cc1. The lowest BCUT2D eigenvalue weighted by atomic mass is 10.1. The fraction of sp³-hybridized carbons (Fsp3) is 0.286. The van der Waals surface area contributed by atoms with Crippen molar-refractivity contribution in [3.63, 3.8) is 0 Å². The monoisotopic (exact) mass is 432 g/mol. The predicted molar refractivity (Wildman–Crippen MR) is 87.5 cm³/mol. The Kier molecular flexibility index (Phi) is 4.78. The van der Waals surface area contributed by atoms with E-state index in [4.69, 9.17) is 0 Å². The smallest absolute Gasteiger partial charge is 0.168 e. The van der Waals surface area contributed by atoms with Crippen LogP contribution in [0.4, 0.5) is 0 Å². The van der Waals surface area contributed by atoms with Crippen LogP contribution in [0, 0.1) is 10.5 Å². The van der Waals surface area contributed by atoms with Gasteiger partial charge < -0.3 is 0 Å². The summed E-state index contributed by atoms with van der Waals surface area (Å²) in [6.07, 6.45) is 0.371. The van der Waals surface area contributed by atoms with Crippen LogP contribution in [0.5, 0.6) is 0 Å². The standard InChI is InChI=1S/C14H14BrIN2O/c1-3-18-12(14(15)9(2)17-18)8-13(19)10-4-6-11(16)7-5-10/h4-7H,3,8H2,1-2H3. The van der Waals surface area contributed by atoms with Crippen molar-refractivity contribution in [3.05, 3.63) is 49.3 Å². The van der Waals surface area contributed by atoms with Gasteiger partial charge in [-0.2, -0.15) is 5.10 Å². The van der Waals surface area contributed by atoms with Crippen molar-refractivity contribution in [2.24, 2.45) is 0 Å². The van der Waals surface area contributed by atoms with Gasteiger partial charge in [0.25, 0.3) is 0 Å². The highest BCUT2D eigenvalue weighted by Gasteiger charge is 2.16. The molecular weight excluding hydrogens is 419 g/mol. The molecule has 3 nitrogen and oxygen atoms in total. The zero-order valence-corrected chi connectivity index (χ0v) is 14.5. The van der Waals surface area contributed by atoms with Gasteiger partial charge in [-0.05, 0) is 64.5 Å². The first-order chi connectivity index (χ1) is 9.02. The van der Waals surface area contributed by atoms with E-state index < -0.39 is 0 Å². The first kappa shape index (κ1) is 14.7.